The molecule has 2 aromatic rings. The van der Waals surface area contributed by atoms with E-state index in [1.807, 2.05) is 20.8 Å². The molecule has 2 aromatic carbocycles. The summed E-state index contributed by atoms with van der Waals surface area (Å²) in [6.07, 6.45) is 2.17. The smallest absolute Gasteiger partial charge is 0.261 e. The van der Waals surface area contributed by atoms with Gasteiger partial charge in [0.15, 0.2) is 0 Å². The highest BCUT2D eigenvalue weighted by atomic mass is 32.2. The molecule has 1 aliphatic heterocycles. The molecule has 172 valence electrons. The van der Waals surface area contributed by atoms with Crippen LogP contribution in [-0.4, -0.2) is 44.3 Å². The Balaban J connectivity index is 1.57. The van der Waals surface area contributed by atoms with E-state index in [9.17, 15) is 18.0 Å². The Hall–Kier alpha value is -2.87. The number of carbonyl (C=O) groups excluding carboxylic acids is 2. The summed E-state index contributed by atoms with van der Waals surface area (Å²) in [5.74, 6) is -0.109. The third-order valence-electron chi connectivity index (χ3n) is 5.87. The molecule has 3 rings (SSSR count). The molecule has 32 heavy (non-hydrogen) atoms. The standard InChI is InChI=1S/C24H31N3O4S/c1-4-18(3)25-23(28)19-13-15-27(16-14-19)24(29)20-7-9-21(10-8-20)26-32(30,31)22-11-5-17(2)6-12-22/h5-12,18-19,26H,4,13-16H2,1-3H3,(H,25,28)/t18-/m1/s1. The van der Waals surface area contributed by atoms with Crippen LogP contribution in [0.5, 0.6) is 0 Å². The molecule has 1 atom stereocenters. The number of benzene rings is 2. The van der Waals surface area contributed by atoms with Gasteiger partial charge in [0, 0.05) is 36.3 Å². The van der Waals surface area contributed by atoms with Gasteiger partial charge in [0.2, 0.25) is 5.91 Å². The molecule has 1 heterocycles. The fourth-order valence-electron chi connectivity index (χ4n) is 3.60. The maximum Gasteiger partial charge on any atom is 0.261 e. The molecular formula is C24H31N3O4S. The van der Waals surface area contributed by atoms with E-state index in [1.165, 1.54) is 0 Å². The molecule has 1 aliphatic rings. The van der Waals surface area contributed by atoms with E-state index in [-0.39, 0.29) is 28.7 Å². The third-order valence-corrected chi connectivity index (χ3v) is 7.27. The topological polar surface area (TPSA) is 95.6 Å². The predicted molar refractivity (Wildman–Crippen MR) is 125 cm³/mol. The Kier molecular flexibility index (Phi) is 7.56. The van der Waals surface area contributed by atoms with Crippen LogP contribution in [0.2, 0.25) is 0 Å². The molecule has 0 aromatic heterocycles. The molecule has 8 heteroatoms. The van der Waals surface area contributed by atoms with E-state index in [2.05, 4.69) is 10.0 Å². The number of amides is 2. The summed E-state index contributed by atoms with van der Waals surface area (Å²) < 4.78 is 27.6. The Morgan fingerprint density at radius 3 is 2.19 bits per heavy atom. The van der Waals surface area contributed by atoms with E-state index in [4.69, 9.17) is 0 Å². The Morgan fingerprint density at radius 1 is 1.03 bits per heavy atom. The molecule has 0 unspecified atom stereocenters. The second-order valence-corrected chi connectivity index (χ2v) is 10.1. The summed E-state index contributed by atoms with van der Waals surface area (Å²) in [4.78, 5) is 27.1. The second-order valence-electron chi connectivity index (χ2n) is 8.38. The molecule has 0 saturated carbocycles. The molecule has 0 bridgehead atoms. The van der Waals surface area contributed by atoms with Crippen molar-refractivity contribution in [2.75, 3.05) is 17.8 Å². The number of nitrogens with zero attached hydrogens (tertiary/aromatic N) is 1. The van der Waals surface area contributed by atoms with Crippen LogP contribution in [0.3, 0.4) is 0 Å². The highest BCUT2D eigenvalue weighted by Crippen LogP contribution is 2.21. The number of hydrogen-bond acceptors (Lipinski definition) is 4. The van der Waals surface area contributed by atoms with Gasteiger partial charge in [0.05, 0.1) is 4.90 Å². The first-order valence-corrected chi connectivity index (χ1v) is 12.5. The minimum absolute atomic E-state index is 0.0633. The summed E-state index contributed by atoms with van der Waals surface area (Å²) in [5.41, 5.74) is 1.86. The number of sulfonamides is 1. The highest BCUT2D eigenvalue weighted by Gasteiger charge is 2.28. The van der Waals surface area contributed by atoms with Crippen LogP contribution >= 0.6 is 0 Å². The van der Waals surface area contributed by atoms with Crippen LogP contribution in [-0.2, 0) is 14.8 Å². The van der Waals surface area contributed by atoms with Crippen molar-refractivity contribution in [3.63, 3.8) is 0 Å². The molecule has 0 spiro atoms. The van der Waals surface area contributed by atoms with E-state index >= 15 is 0 Å². The lowest BCUT2D eigenvalue weighted by atomic mass is 9.95. The molecule has 0 aliphatic carbocycles. The second kappa shape index (κ2) is 10.2. The maximum absolute atomic E-state index is 12.8. The number of aryl methyl sites for hydroxylation is 1. The summed E-state index contributed by atoms with van der Waals surface area (Å²) in [5, 5.41) is 3.02. The van der Waals surface area contributed by atoms with Crippen molar-refractivity contribution < 1.29 is 18.0 Å². The van der Waals surface area contributed by atoms with Gasteiger partial charge in [0.25, 0.3) is 15.9 Å². The first kappa shape index (κ1) is 23.8. The first-order chi connectivity index (χ1) is 15.2. The average molecular weight is 458 g/mol. The first-order valence-electron chi connectivity index (χ1n) is 11.0. The van der Waals surface area contributed by atoms with Gasteiger partial charge in [-0.2, -0.15) is 0 Å². The Morgan fingerprint density at radius 2 is 1.62 bits per heavy atom. The van der Waals surface area contributed by atoms with Crippen LogP contribution in [0.25, 0.3) is 0 Å². The van der Waals surface area contributed by atoms with E-state index in [0.717, 1.165) is 12.0 Å². The van der Waals surface area contributed by atoms with Crippen LogP contribution in [0.15, 0.2) is 53.4 Å². The zero-order valence-electron chi connectivity index (χ0n) is 18.8. The van der Waals surface area contributed by atoms with E-state index in [1.54, 1.807) is 53.4 Å². The summed E-state index contributed by atoms with van der Waals surface area (Å²) in [7, 11) is -3.69. The number of rotatable bonds is 7. The van der Waals surface area contributed by atoms with Gasteiger partial charge in [-0.25, -0.2) is 8.42 Å². The monoisotopic (exact) mass is 457 g/mol. The lowest BCUT2D eigenvalue weighted by Crippen LogP contribution is -2.44. The fraction of sp³-hybridized carbons (Fsp3) is 0.417. The highest BCUT2D eigenvalue weighted by molar-refractivity contribution is 7.92. The summed E-state index contributed by atoms with van der Waals surface area (Å²) >= 11 is 0. The zero-order valence-corrected chi connectivity index (χ0v) is 19.6. The Labute approximate surface area is 190 Å². The number of anilines is 1. The molecular weight excluding hydrogens is 426 g/mol. The normalized spacial score (nSPS) is 15.8. The van der Waals surface area contributed by atoms with Gasteiger partial charge in [-0.3, -0.25) is 14.3 Å². The molecule has 1 saturated heterocycles. The number of likely N-dealkylation sites (tertiary alicyclic amines) is 1. The molecule has 2 amide bonds. The minimum Gasteiger partial charge on any atom is -0.353 e. The number of carbonyl (C=O) groups is 2. The molecule has 7 nitrogen and oxygen atoms in total. The van der Waals surface area contributed by atoms with Gasteiger partial charge < -0.3 is 10.2 Å². The van der Waals surface area contributed by atoms with Crippen molar-refractivity contribution in [2.24, 2.45) is 5.92 Å². The van der Waals surface area contributed by atoms with Crippen molar-refractivity contribution in [3.05, 3.63) is 59.7 Å². The van der Waals surface area contributed by atoms with Crippen LogP contribution in [0.4, 0.5) is 5.69 Å². The minimum atomic E-state index is -3.69. The van der Waals surface area contributed by atoms with Crippen LogP contribution in [0, 0.1) is 12.8 Å². The summed E-state index contributed by atoms with van der Waals surface area (Å²) in [6, 6.07) is 13.2. The van der Waals surface area contributed by atoms with E-state index < -0.39 is 10.0 Å². The molecule has 0 radical (unpaired) electrons. The molecule has 1 fully saturated rings. The third kappa shape index (κ3) is 5.88. The number of hydrogen-bond donors (Lipinski definition) is 2. The maximum atomic E-state index is 12.8. The van der Waals surface area contributed by atoms with Gasteiger partial charge in [-0.1, -0.05) is 24.6 Å². The lowest BCUT2D eigenvalue weighted by molar-refractivity contribution is -0.126. The largest absolute Gasteiger partial charge is 0.353 e. The SMILES string of the molecule is CC[C@@H](C)NC(=O)C1CCN(C(=O)c2ccc(NS(=O)(=O)c3ccc(C)cc3)cc2)CC1. The average Bonchev–Trinajstić information content (AvgIpc) is 2.79. The van der Waals surface area contributed by atoms with Crippen molar-refractivity contribution in [2.45, 2.75) is 51.0 Å². The molecule has 2 N–H and O–H groups in total. The van der Waals surface area contributed by atoms with Crippen molar-refractivity contribution in [1.29, 1.82) is 0 Å². The Bertz CT molecular complexity index is 1040. The van der Waals surface area contributed by atoms with Gasteiger partial charge >= 0.3 is 0 Å². The predicted octanol–water partition coefficient (Wildman–Crippen LogP) is 3.56. The zero-order chi connectivity index (χ0) is 23.3. The fourth-order valence-corrected chi connectivity index (χ4v) is 4.66. The van der Waals surface area contributed by atoms with Gasteiger partial charge in [0.1, 0.15) is 0 Å². The number of piperidine rings is 1. The van der Waals surface area contributed by atoms with E-state index in [0.29, 0.717) is 37.2 Å². The quantitative estimate of drug-likeness (QED) is 0.665. The van der Waals surface area contributed by atoms with Gasteiger partial charge in [-0.05, 0) is 69.5 Å². The van der Waals surface area contributed by atoms with Crippen molar-refractivity contribution >= 4 is 27.5 Å². The van der Waals surface area contributed by atoms with Crippen LogP contribution < -0.4 is 10.0 Å². The van der Waals surface area contributed by atoms with Crippen LogP contribution in [0.1, 0.15) is 49.0 Å². The number of nitrogens with one attached hydrogen (secondary N) is 2. The van der Waals surface area contributed by atoms with Crippen molar-refractivity contribution in [3.8, 4) is 0 Å². The lowest BCUT2D eigenvalue weighted by Gasteiger charge is -2.32. The van der Waals surface area contributed by atoms with Crippen molar-refractivity contribution in [1.82, 2.24) is 10.2 Å². The van der Waals surface area contributed by atoms with Gasteiger partial charge in [-0.15, -0.1) is 0 Å². The summed E-state index contributed by atoms with van der Waals surface area (Å²) in [6.45, 7) is 6.97.